The molecule has 19 heavy (non-hydrogen) atoms. The van der Waals surface area contributed by atoms with E-state index in [9.17, 15) is 9.18 Å². The maximum absolute atomic E-state index is 12.7. The zero-order valence-electron chi connectivity index (χ0n) is 10.9. The summed E-state index contributed by atoms with van der Waals surface area (Å²) in [5.74, 6) is -0.384. The molecule has 98 valence electrons. The van der Waals surface area contributed by atoms with Crippen molar-refractivity contribution in [3.63, 3.8) is 0 Å². The average Bonchev–Trinajstić information content (AvgIpc) is 2.79. The van der Waals surface area contributed by atoms with Gasteiger partial charge in [-0.3, -0.25) is 9.48 Å². The second-order valence-electron chi connectivity index (χ2n) is 4.21. The van der Waals surface area contributed by atoms with Crippen molar-refractivity contribution >= 4 is 11.9 Å². The minimum absolute atomic E-state index is 0.0958. The molecule has 1 heterocycles. The van der Waals surface area contributed by atoms with E-state index in [1.807, 2.05) is 13.8 Å². The van der Waals surface area contributed by atoms with Gasteiger partial charge in [0.25, 0.3) is 0 Å². The van der Waals surface area contributed by atoms with E-state index in [1.54, 1.807) is 29.1 Å². The summed E-state index contributed by atoms with van der Waals surface area (Å²) in [6.45, 7) is 4.58. The topological polar surface area (TPSA) is 34.9 Å². The van der Waals surface area contributed by atoms with Crippen LogP contribution in [0.5, 0.6) is 0 Å². The molecule has 0 unspecified atom stereocenters. The number of ketones is 1. The van der Waals surface area contributed by atoms with Crippen LogP contribution in [0, 0.1) is 12.7 Å². The predicted octanol–water partition coefficient (Wildman–Crippen LogP) is 3.25. The molecule has 1 aromatic heterocycles. The van der Waals surface area contributed by atoms with Gasteiger partial charge in [0.15, 0.2) is 5.78 Å². The fourth-order valence-corrected chi connectivity index (χ4v) is 1.84. The SMILES string of the molecule is CCn1ncc(C(=O)/C=C/c2ccc(F)cc2)c1C. The minimum atomic E-state index is -0.288. The fourth-order valence-electron chi connectivity index (χ4n) is 1.84. The van der Waals surface area contributed by atoms with E-state index in [2.05, 4.69) is 5.10 Å². The van der Waals surface area contributed by atoms with Crippen molar-refractivity contribution in [1.29, 1.82) is 0 Å². The lowest BCUT2D eigenvalue weighted by molar-refractivity contribution is 0.104. The summed E-state index contributed by atoms with van der Waals surface area (Å²) < 4.78 is 14.5. The maximum atomic E-state index is 12.7. The van der Waals surface area contributed by atoms with Crippen molar-refractivity contribution in [3.8, 4) is 0 Å². The number of carbonyl (C=O) groups is 1. The van der Waals surface area contributed by atoms with Gasteiger partial charge in [-0.05, 0) is 37.6 Å². The number of carbonyl (C=O) groups excluding carboxylic acids is 1. The summed E-state index contributed by atoms with van der Waals surface area (Å²) in [7, 11) is 0. The third-order valence-corrected chi connectivity index (χ3v) is 2.97. The van der Waals surface area contributed by atoms with Crippen molar-refractivity contribution < 1.29 is 9.18 Å². The normalized spacial score (nSPS) is 11.1. The van der Waals surface area contributed by atoms with Crippen LogP contribution >= 0.6 is 0 Å². The smallest absolute Gasteiger partial charge is 0.189 e. The molecule has 0 aliphatic rings. The standard InChI is InChI=1S/C15H15FN2O/c1-3-18-11(2)14(10-17-18)15(19)9-6-12-4-7-13(16)8-5-12/h4-10H,3H2,1-2H3/b9-6+. The number of hydrogen-bond donors (Lipinski definition) is 0. The number of aromatic nitrogens is 2. The van der Waals surface area contributed by atoms with Gasteiger partial charge in [-0.15, -0.1) is 0 Å². The van der Waals surface area contributed by atoms with Crippen molar-refractivity contribution in [1.82, 2.24) is 9.78 Å². The lowest BCUT2D eigenvalue weighted by Gasteiger charge is -1.99. The molecule has 4 heteroatoms. The molecule has 0 aliphatic carbocycles. The molecule has 0 atom stereocenters. The Kier molecular flexibility index (Phi) is 3.90. The lowest BCUT2D eigenvalue weighted by atomic mass is 10.1. The summed E-state index contributed by atoms with van der Waals surface area (Å²) in [5, 5.41) is 4.13. The lowest BCUT2D eigenvalue weighted by Crippen LogP contribution is -2.01. The molecule has 0 aliphatic heterocycles. The first-order chi connectivity index (χ1) is 9.11. The molecule has 1 aromatic carbocycles. The van der Waals surface area contributed by atoms with E-state index in [1.165, 1.54) is 18.2 Å². The molecule has 0 saturated carbocycles. The molecule has 0 amide bonds. The van der Waals surface area contributed by atoms with Crippen LogP contribution in [0.25, 0.3) is 6.08 Å². The molecule has 0 radical (unpaired) electrons. The van der Waals surface area contributed by atoms with Crippen molar-refractivity contribution in [3.05, 3.63) is 59.2 Å². The molecule has 0 bridgehead atoms. The first-order valence-corrected chi connectivity index (χ1v) is 6.12. The zero-order valence-corrected chi connectivity index (χ0v) is 10.9. The number of benzene rings is 1. The highest BCUT2D eigenvalue weighted by molar-refractivity contribution is 6.07. The molecular formula is C15H15FN2O. The Morgan fingerprint density at radius 3 is 2.63 bits per heavy atom. The second-order valence-corrected chi connectivity index (χ2v) is 4.21. The maximum Gasteiger partial charge on any atom is 0.189 e. The van der Waals surface area contributed by atoms with Crippen LogP contribution in [0.3, 0.4) is 0 Å². The van der Waals surface area contributed by atoms with Crippen molar-refractivity contribution in [2.75, 3.05) is 0 Å². The van der Waals surface area contributed by atoms with E-state index in [0.29, 0.717) is 5.56 Å². The third-order valence-electron chi connectivity index (χ3n) is 2.97. The molecule has 2 rings (SSSR count). The highest BCUT2D eigenvalue weighted by Gasteiger charge is 2.10. The van der Waals surface area contributed by atoms with Crippen LogP contribution in [0.1, 0.15) is 28.5 Å². The Balaban J connectivity index is 2.16. The average molecular weight is 258 g/mol. The van der Waals surface area contributed by atoms with Gasteiger partial charge in [-0.2, -0.15) is 5.10 Å². The molecule has 0 saturated heterocycles. The Hall–Kier alpha value is -2.23. The highest BCUT2D eigenvalue weighted by Crippen LogP contribution is 2.10. The van der Waals surface area contributed by atoms with Crippen LogP contribution in [0.2, 0.25) is 0 Å². The summed E-state index contributed by atoms with van der Waals surface area (Å²) in [5.41, 5.74) is 2.24. The minimum Gasteiger partial charge on any atom is -0.289 e. The Labute approximate surface area is 111 Å². The second kappa shape index (κ2) is 5.61. The first kappa shape index (κ1) is 13.2. The van der Waals surface area contributed by atoms with Crippen molar-refractivity contribution in [2.45, 2.75) is 20.4 Å². The van der Waals surface area contributed by atoms with Crippen molar-refractivity contribution in [2.24, 2.45) is 0 Å². The molecule has 2 aromatic rings. The molecule has 0 spiro atoms. The monoisotopic (exact) mass is 258 g/mol. The number of hydrogen-bond acceptors (Lipinski definition) is 2. The van der Waals surface area contributed by atoms with Crippen LogP contribution < -0.4 is 0 Å². The van der Waals surface area contributed by atoms with E-state index in [0.717, 1.165) is 17.8 Å². The first-order valence-electron chi connectivity index (χ1n) is 6.12. The highest BCUT2D eigenvalue weighted by atomic mass is 19.1. The number of aryl methyl sites for hydroxylation is 1. The fraction of sp³-hybridized carbons (Fsp3) is 0.200. The van der Waals surface area contributed by atoms with E-state index in [4.69, 9.17) is 0 Å². The largest absolute Gasteiger partial charge is 0.289 e. The van der Waals surface area contributed by atoms with Crippen LogP contribution in [0.4, 0.5) is 4.39 Å². The van der Waals surface area contributed by atoms with Gasteiger partial charge >= 0.3 is 0 Å². The van der Waals surface area contributed by atoms with Crippen LogP contribution in [-0.4, -0.2) is 15.6 Å². The van der Waals surface area contributed by atoms with Gasteiger partial charge < -0.3 is 0 Å². The van der Waals surface area contributed by atoms with Gasteiger partial charge in [0, 0.05) is 12.2 Å². The predicted molar refractivity (Wildman–Crippen MR) is 72.4 cm³/mol. The van der Waals surface area contributed by atoms with Gasteiger partial charge in [0.2, 0.25) is 0 Å². The summed E-state index contributed by atoms with van der Waals surface area (Å²) >= 11 is 0. The Morgan fingerprint density at radius 1 is 1.37 bits per heavy atom. The van der Waals surface area contributed by atoms with Gasteiger partial charge in [0.05, 0.1) is 11.8 Å². The molecule has 0 fully saturated rings. The van der Waals surface area contributed by atoms with Gasteiger partial charge in [-0.1, -0.05) is 18.2 Å². The van der Waals surface area contributed by atoms with E-state index >= 15 is 0 Å². The van der Waals surface area contributed by atoms with Gasteiger partial charge in [-0.25, -0.2) is 4.39 Å². The quantitative estimate of drug-likeness (QED) is 0.623. The summed E-state index contributed by atoms with van der Waals surface area (Å²) in [4.78, 5) is 12.0. The van der Waals surface area contributed by atoms with E-state index in [-0.39, 0.29) is 11.6 Å². The molecular weight excluding hydrogens is 243 g/mol. The van der Waals surface area contributed by atoms with Crippen LogP contribution in [-0.2, 0) is 6.54 Å². The summed E-state index contributed by atoms with van der Waals surface area (Å²) in [6, 6.07) is 5.98. The number of rotatable bonds is 4. The Bertz CT molecular complexity index is 612. The zero-order chi connectivity index (χ0) is 13.8. The molecule has 0 N–H and O–H groups in total. The van der Waals surface area contributed by atoms with Crippen LogP contribution in [0.15, 0.2) is 36.5 Å². The van der Waals surface area contributed by atoms with E-state index < -0.39 is 0 Å². The van der Waals surface area contributed by atoms with Gasteiger partial charge in [0.1, 0.15) is 5.82 Å². The molecule has 3 nitrogen and oxygen atoms in total. The number of nitrogens with zero attached hydrogens (tertiary/aromatic N) is 2. The number of halogens is 1. The summed E-state index contributed by atoms with van der Waals surface area (Å²) in [6.07, 6.45) is 4.73. The Morgan fingerprint density at radius 2 is 2.05 bits per heavy atom. The third kappa shape index (κ3) is 2.96. The number of allylic oxidation sites excluding steroid dienone is 1.